The Bertz CT molecular complexity index is 809. The summed E-state index contributed by atoms with van der Waals surface area (Å²) in [4.78, 5) is 12.4. The largest absolute Gasteiger partial charge is 0.359 e. The van der Waals surface area contributed by atoms with Crippen LogP contribution in [0.25, 0.3) is 0 Å². The van der Waals surface area contributed by atoms with Crippen molar-refractivity contribution in [2.24, 2.45) is 52.3 Å². The highest BCUT2D eigenvalue weighted by Crippen LogP contribution is 2.68. The normalized spacial score (nSPS) is 43.8. The first-order valence-electron chi connectivity index (χ1n) is 16.6. The van der Waals surface area contributed by atoms with Gasteiger partial charge in [0.2, 0.25) is 0 Å². The first kappa shape index (κ1) is 30.0. The quantitative estimate of drug-likeness (QED) is 0.248. The highest BCUT2D eigenvalue weighted by Gasteiger charge is 2.64. The van der Waals surface area contributed by atoms with Gasteiger partial charge < -0.3 is 18.9 Å². The summed E-state index contributed by atoms with van der Waals surface area (Å²) >= 11 is 0. The van der Waals surface area contributed by atoms with E-state index in [1.807, 2.05) is 0 Å². The molecule has 1 aliphatic heterocycles. The molecule has 224 valence electrons. The van der Waals surface area contributed by atoms with Gasteiger partial charge in [0, 0.05) is 38.6 Å². The molecule has 0 spiro atoms. The van der Waals surface area contributed by atoms with E-state index in [1.54, 1.807) is 7.11 Å². The molecule has 5 heteroatoms. The van der Waals surface area contributed by atoms with E-state index in [4.69, 9.17) is 18.9 Å². The van der Waals surface area contributed by atoms with Gasteiger partial charge in [-0.25, -0.2) is 0 Å². The lowest BCUT2D eigenvalue weighted by Crippen LogP contribution is -2.59. The van der Waals surface area contributed by atoms with E-state index in [1.165, 1.54) is 51.4 Å². The third-order valence-corrected chi connectivity index (χ3v) is 12.9. The first-order valence-corrected chi connectivity index (χ1v) is 16.6. The molecule has 0 bridgehead atoms. The topological polar surface area (TPSA) is 54.0 Å². The Hall–Kier alpha value is -0.490. The van der Waals surface area contributed by atoms with Crippen LogP contribution in [0.4, 0.5) is 0 Å². The van der Waals surface area contributed by atoms with Crippen LogP contribution in [0.1, 0.15) is 118 Å². The van der Waals surface area contributed by atoms with Crippen LogP contribution in [-0.2, 0) is 23.7 Å². The minimum absolute atomic E-state index is 0.0332. The minimum Gasteiger partial charge on any atom is -0.359 e. The molecule has 5 aliphatic rings. The van der Waals surface area contributed by atoms with Crippen LogP contribution in [0.2, 0.25) is 0 Å². The summed E-state index contributed by atoms with van der Waals surface area (Å²) in [5.74, 6) is 5.40. The Morgan fingerprint density at radius 3 is 2.59 bits per heavy atom. The van der Waals surface area contributed by atoms with Crippen LogP contribution in [-0.4, -0.2) is 45.3 Å². The zero-order valence-corrected chi connectivity index (χ0v) is 25.8. The standard InChI is InChI=1S/C34H58O5/c1-23(16-19-38-32-8-6-7-18-37-32)9-10-24(2)28-13-14-29-27-12-11-25-20-26(35)15-17-33(25,3)30(27)21-31(34(28,29)4)39-22-36-5/h23-25,27-32H,6-22H2,1-5H3/t23?,24-,25+,27?,28-,29?,30?,31+,32?,33+,34-/m1/s1. The van der Waals surface area contributed by atoms with Crippen LogP contribution in [0.15, 0.2) is 0 Å². The zero-order chi connectivity index (χ0) is 27.6. The molecule has 0 aromatic rings. The third-order valence-electron chi connectivity index (χ3n) is 12.9. The van der Waals surface area contributed by atoms with Crippen molar-refractivity contribution in [3.63, 3.8) is 0 Å². The number of methoxy groups -OCH3 is 1. The molecule has 1 heterocycles. The Morgan fingerprint density at radius 2 is 1.82 bits per heavy atom. The molecule has 4 aliphatic carbocycles. The molecule has 0 aromatic heterocycles. The van der Waals surface area contributed by atoms with E-state index in [0.717, 1.165) is 63.6 Å². The average Bonchev–Trinajstić information content (AvgIpc) is 3.29. The fourth-order valence-electron chi connectivity index (χ4n) is 10.5. The Balaban J connectivity index is 1.22. The maximum absolute atomic E-state index is 12.4. The predicted octanol–water partition coefficient (Wildman–Crippen LogP) is 7.80. The van der Waals surface area contributed by atoms with Gasteiger partial charge in [0.15, 0.2) is 6.29 Å². The van der Waals surface area contributed by atoms with E-state index < -0.39 is 0 Å². The van der Waals surface area contributed by atoms with Crippen molar-refractivity contribution in [1.82, 2.24) is 0 Å². The molecule has 0 aromatic carbocycles. The first-order chi connectivity index (χ1) is 18.8. The fourth-order valence-corrected chi connectivity index (χ4v) is 10.5. The van der Waals surface area contributed by atoms with Gasteiger partial charge in [-0.05, 0) is 111 Å². The van der Waals surface area contributed by atoms with E-state index in [2.05, 4.69) is 27.7 Å². The second kappa shape index (κ2) is 12.8. The molecular weight excluding hydrogens is 488 g/mol. The Kier molecular flexibility index (Phi) is 9.84. The lowest BCUT2D eigenvalue weighted by molar-refractivity contribution is -0.208. The van der Waals surface area contributed by atoms with Crippen molar-refractivity contribution >= 4 is 5.78 Å². The molecule has 5 fully saturated rings. The molecule has 5 nitrogen and oxygen atoms in total. The number of hydrogen-bond acceptors (Lipinski definition) is 5. The van der Waals surface area contributed by atoms with Gasteiger partial charge >= 0.3 is 0 Å². The molecule has 4 saturated carbocycles. The van der Waals surface area contributed by atoms with Crippen molar-refractivity contribution in [3.05, 3.63) is 0 Å². The molecule has 5 rings (SSSR count). The van der Waals surface area contributed by atoms with Crippen molar-refractivity contribution in [2.45, 2.75) is 130 Å². The maximum atomic E-state index is 12.4. The number of hydrogen-bond donors (Lipinski definition) is 0. The Labute approximate surface area is 238 Å². The highest BCUT2D eigenvalue weighted by atomic mass is 16.7. The maximum Gasteiger partial charge on any atom is 0.157 e. The van der Waals surface area contributed by atoms with E-state index in [-0.39, 0.29) is 17.8 Å². The lowest BCUT2D eigenvalue weighted by atomic mass is 9.43. The van der Waals surface area contributed by atoms with E-state index in [9.17, 15) is 4.79 Å². The summed E-state index contributed by atoms with van der Waals surface area (Å²) in [6.45, 7) is 12.1. The van der Waals surface area contributed by atoms with Gasteiger partial charge in [0.1, 0.15) is 12.6 Å². The number of Topliss-reactive ketones (excluding diaryl/α,β-unsaturated/α-hetero) is 1. The summed E-state index contributed by atoms with van der Waals surface area (Å²) in [5, 5.41) is 0. The number of ketones is 1. The smallest absolute Gasteiger partial charge is 0.157 e. The summed E-state index contributed by atoms with van der Waals surface area (Å²) in [6, 6.07) is 0. The molecule has 39 heavy (non-hydrogen) atoms. The van der Waals surface area contributed by atoms with Crippen LogP contribution in [0, 0.1) is 52.3 Å². The van der Waals surface area contributed by atoms with Crippen LogP contribution in [0.5, 0.6) is 0 Å². The zero-order valence-electron chi connectivity index (χ0n) is 25.8. The number of carbonyl (C=O) groups is 1. The SMILES string of the molecule is COCO[C@H]1CC2C(CC[C@H]3CC(=O)CC[C@]23C)C2CC[C@H]([C@H](C)CCC(C)CCOC3CCCCO3)[C@]21C. The fraction of sp³-hybridized carbons (Fsp3) is 0.971. The van der Waals surface area contributed by atoms with Crippen LogP contribution in [0.3, 0.4) is 0 Å². The lowest BCUT2D eigenvalue weighted by Gasteiger charge is -2.62. The van der Waals surface area contributed by atoms with Gasteiger partial charge in [-0.1, -0.05) is 40.5 Å². The summed E-state index contributed by atoms with van der Waals surface area (Å²) < 4.78 is 23.9. The van der Waals surface area contributed by atoms with E-state index >= 15 is 0 Å². The van der Waals surface area contributed by atoms with E-state index in [0.29, 0.717) is 47.6 Å². The highest BCUT2D eigenvalue weighted by molar-refractivity contribution is 5.79. The second-order valence-corrected chi connectivity index (χ2v) is 14.9. The van der Waals surface area contributed by atoms with Gasteiger partial charge in [0.25, 0.3) is 0 Å². The second-order valence-electron chi connectivity index (χ2n) is 14.9. The summed E-state index contributed by atoms with van der Waals surface area (Å²) in [7, 11) is 1.76. The molecular formula is C34H58O5. The van der Waals surface area contributed by atoms with Gasteiger partial charge in [-0.15, -0.1) is 0 Å². The van der Waals surface area contributed by atoms with Gasteiger partial charge in [-0.3, -0.25) is 4.79 Å². The average molecular weight is 547 g/mol. The molecule has 0 amide bonds. The molecule has 1 saturated heterocycles. The predicted molar refractivity (Wildman–Crippen MR) is 154 cm³/mol. The van der Waals surface area contributed by atoms with Crippen molar-refractivity contribution in [2.75, 3.05) is 27.1 Å². The molecule has 0 N–H and O–H groups in total. The molecule has 5 unspecified atom stereocenters. The van der Waals surface area contributed by atoms with Crippen molar-refractivity contribution < 1.29 is 23.7 Å². The van der Waals surface area contributed by atoms with Crippen LogP contribution < -0.4 is 0 Å². The summed E-state index contributed by atoms with van der Waals surface area (Å²) in [5.41, 5.74) is 0.522. The number of carbonyl (C=O) groups excluding carboxylic acids is 1. The monoisotopic (exact) mass is 546 g/mol. The number of fused-ring (bicyclic) bond motifs is 5. The van der Waals surface area contributed by atoms with Gasteiger partial charge in [-0.2, -0.15) is 0 Å². The number of rotatable bonds is 11. The molecule has 11 atom stereocenters. The van der Waals surface area contributed by atoms with Gasteiger partial charge in [0.05, 0.1) is 6.10 Å². The molecule has 0 radical (unpaired) electrons. The number of ether oxygens (including phenoxy) is 4. The minimum atomic E-state index is 0.0332. The van der Waals surface area contributed by atoms with Crippen molar-refractivity contribution in [1.29, 1.82) is 0 Å². The van der Waals surface area contributed by atoms with Crippen LogP contribution >= 0.6 is 0 Å². The third kappa shape index (κ3) is 6.04. The summed E-state index contributed by atoms with van der Waals surface area (Å²) in [6.07, 6.45) is 16.6. The Morgan fingerprint density at radius 1 is 0.974 bits per heavy atom. The van der Waals surface area contributed by atoms with Crippen molar-refractivity contribution in [3.8, 4) is 0 Å².